The lowest BCUT2D eigenvalue weighted by Gasteiger charge is -2.33. The first-order chi connectivity index (χ1) is 12.2. The van der Waals surface area contributed by atoms with Gasteiger partial charge >= 0.3 is 5.97 Å². The van der Waals surface area contributed by atoms with Crippen LogP contribution in [0.25, 0.3) is 11.1 Å². The van der Waals surface area contributed by atoms with Crippen LogP contribution in [-0.4, -0.2) is 36.0 Å². The van der Waals surface area contributed by atoms with Gasteiger partial charge in [0.25, 0.3) is 5.91 Å². The third-order valence-corrected chi connectivity index (χ3v) is 4.65. The van der Waals surface area contributed by atoms with Crippen LogP contribution < -0.4 is 0 Å². The highest BCUT2D eigenvalue weighted by Crippen LogP contribution is 2.27. The highest BCUT2D eigenvalue weighted by Gasteiger charge is 2.33. The van der Waals surface area contributed by atoms with Crippen molar-refractivity contribution in [2.75, 3.05) is 13.2 Å². The van der Waals surface area contributed by atoms with Crippen LogP contribution in [-0.2, 0) is 16.0 Å². The van der Waals surface area contributed by atoms with E-state index in [1.807, 2.05) is 37.3 Å². The number of carbonyl (C=O) groups is 2. The first kappa shape index (κ1) is 17.2. The molecule has 0 saturated heterocycles. The van der Waals surface area contributed by atoms with Crippen LogP contribution in [0.1, 0.15) is 36.2 Å². The number of rotatable bonds is 5. The summed E-state index contributed by atoms with van der Waals surface area (Å²) in [6, 6.07) is 15.6. The number of amides is 1. The Hall–Kier alpha value is -2.62. The second-order valence-corrected chi connectivity index (χ2v) is 6.16. The van der Waals surface area contributed by atoms with Gasteiger partial charge in [0.05, 0.1) is 6.61 Å². The Labute approximate surface area is 148 Å². The largest absolute Gasteiger partial charge is 0.464 e. The molecule has 0 N–H and O–H groups in total. The number of benzene rings is 2. The molecule has 0 radical (unpaired) electrons. The van der Waals surface area contributed by atoms with E-state index in [1.165, 1.54) is 0 Å². The second-order valence-electron chi connectivity index (χ2n) is 6.16. The molecule has 1 aliphatic heterocycles. The molecule has 1 unspecified atom stereocenters. The number of ether oxygens (including phenoxy) is 1. The Morgan fingerprint density at radius 1 is 1.12 bits per heavy atom. The van der Waals surface area contributed by atoms with Crippen molar-refractivity contribution in [1.82, 2.24) is 4.90 Å². The van der Waals surface area contributed by atoms with Crippen LogP contribution in [0.15, 0.2) is 48.5 Å². The van der Waals surface area contributed by atoms with Crippen molar-refractivity contribution in [3.63, 3.8) is 0 Å². The Balaban J connectivity index is 1.87. The number of carbonyl (C=O) groups excluding carboxylic acids is 2. The molecule has 25 heavy (non-hydrogen) atoms. The molecule has 4 heteroatoms. The summed E-state index contributed by atoms with van der Waals surface area (Å²) in [6.45, 7) is 4.56. The predicted octanol–water partition coefficient (Wildman–Crippen LogP) is 3.69. The van der Waals surface area contributed by atoms with Gasteiger partial charge in [0.1, 0.15) is 6.04 Å². The summed E-state index contributed by atoms with van der Waals surface area (Å²) >= 11 is 0. The van der Waals surface area contributed by atoms with Crippen LogP contribution in [0.2, 0.25) is 0 Å². The van der Waals surface area contributed by atoms with Crippen LogP contribution in [0, 0.1) is 0 Å². The van der Waals surface area contributed by atoms with Crippen molar-refractivity contribution in [3.05, 3.63) is 59.7 Å². The van der Waals surface area contributed by atoms with E-state index in [0.29, 0.717) is 25.1 Å². The molecule has 0 fully saturated rings. The molecule has 1 aliphatic rings. The Bertz CT molecular complexity index is 770. The van der Waals surface area contributed by atoms with Crippen LogP contribution in [0.5, 0.6) is 0 Å². The molecule has 3 rings (SSSR count). The Kier molecular flexibility index (Phi) is 5.17. The molecule has 2 aromatic rings. The first-order valence-corrected chi connectivity index (χ1v) is 8.81. The molecule has 1 amide bonds. The van der Waals surface area contributed by atoms with E-state index in [9.17, 15) is 9.59 Å². The molecular weight excluding hydrogens is 314 g/mol. The van der Waals surface area contributed by atoms with Crippen molar-refractivity contribution in [2.45, 2.75) is 32.7 Å². The van der Waals surface area contributed by atoms with Crippen molar-refractivity contribution < 1.29 is 14.3 Å². The van der Waals surface area contributed by atoms with Gasteiger partial charge in [-0.2, -0.15) is 0 Å². The lowest BCUT2D eigenvalue weighted by atomic mass is 9.93. The normalized spacial score (nSPS) is 14.8. The van der Waals surface area contributed by atoms with Crippen LogP contribution in [0.4, 0.5) is 0 Å². The summed E-state index contributed by atoms with van der Waals surface area (Å²) in [5.74, 6) is -0.400. The van der Waals surface area contributed by atoms with Gasteiger partial charge < -0.3 is 9.64 Å². The maximum atomic E-state index is 12.9. The summed E-state index contributed by atoms with van der Waals surface area (Å²) < 4.78 is 5.13. The van der Waals surface area contributed by atoms with E-state index in [1.54, 1.807) is 11.8 Å². The fourth-order valence-electron chi connectivity index (χ4n) is 3.37. The molecular formula is C21H23NO3. The zero-order valence-electron chi connectivity index (χ0n) is 14.7. The molecule has 130 valence electrons. The van der Waals surface area contributed by atoms with E-state index in [0.717, 1.165) is 23.1 Å². The third-order valence-electron chi connectivity index (χ3n) is 4.65. The van der Waals surface area contributed by atoms with E-state index < -0.39 is 6.04 Å². The third kappa shape index (κ3) is 3.43. The average molecular weight is 337 g/mol. The Morgan fingerprint density at radius 2 is 1.88 bits per heavy atom. The topological polar surface area (TPSA) is 46.6 Å². The molecule has 1 heterocycles. The maximum Gasteiger partial charge on any atom is 0.328 e. The molecule has 4 nitrogen and oxygen atoms in total. The van der Waals surface area contributed by atoms with E-state index in [-0.39, 0.29) is 11.9 Å². The summed E-state index contributed by atoms with van der Waals surface area (Å²) in [5.41, 5.74) is 3.98. The number of esters is 1. The molecule has 0 spiro atoms. The predicted molar refractivity (Wildman–Crippen MR) is 97.3 cm³/mol. The zero-order chi connectivity index (χ0) is 17.8. The SMILES string of the molecule is CCOC(=O)C(CC)N1CCc2cc(-c3ccccc3)ccc2C1=O. The van der Waals surface area contributed by atoms with Gasteiger partial charge in [-0.1, -0.05) is 49.4 Å². The minimum Gasteiger partial charge on any atom is -0.464 e. The minimum atomic E-state index is -0.505. The molecule has 2 aromatic carbocycles. The zero-order valence-corrected chi connectivity index (χ0v) is 14.7. The number of hydrogen-bond donors (Lipinski definition) is 0. The molecule has 1 atom stereocenters. The average Bonchev–Trinajstić information content (AvgIpc) is 2.65. The highest BCUT2D eigenvalue weighted by molar-refractivity contribution is 5.99. The van der Waals surface area contributed by atoms with Gasteiger partial charge in [0.2, 0.25) is 0 Å². The Morgan fingerprint density at radius 3 is 2.56 bits per heavy atom. The standard InChI is InChI=1S/C21H23NO3/c1-3-19(21(24)25-4-2)22-13-12-17-14-16(10-11-18(17)20(22)23)15-8-6-5-7-9-15/h5-11,14,19H,3-4,12-13H2,1-2H3. The van der Waals surface area contributed by atoms with Gasteiger partial charge in [0, 0.05) is 12.1 Å². The molecule has 0 saturated carbocycles. The van der Waals surface area contributed by atoms with Crippen molar-refractivity contribution in [3.8, 4) is 11.1 Å². The van der Waals surface area contributed by atoms with Crippen LogP contribution >= 0.6 is 0 Å². The number of fused-ring (bicyclic) bond motifs is 1. The van der Waals surface area contributed by atoms with Crippen molar-refractivity contribution in [2.24, 2.45) is 0 Å². The molecule has 0 aromatic heterocycles. The summed E-state index contributed by atoms with van der Waals surface area (Å²) in [7, 11) is 0. The first-order valence-electron chi connectivity index (χ1n) is 8.81. The van der Waals surface area contributed by atoms with E-state index in [2.05, 4.69) is 18.2 Å². The maximum absolute atomic E-state index is 12.9. The highest BCUT2D eigenvalue weighted by atomic mass is 16.5. The van der Waals surface area contributed by atoms with Crippen molar-refractivity contribution in [1.29, 1.82) is 0 Å². The van der Waals surface area contributed by atoms with Gasteiger partial charge in [-0.3, -0.25) is 4.79 Å². The van der Waals surface area contributed by atoms with Gasteiger partial charge in [-0.25, -0.2) is 4.79 Å². The van der Waals surface area contributed by atoms with E-state index >= 15 is 0 Å². The smallest absolute Gasteiger partial charge is 0.328 e. The summed E-state index contributed by atoms with van der Waals surface area (Å²) in [4.78, 5) is 26.7. The number of nitrogens with zero attached hydrogens (tertiary/aromatic N) is 1. The van der Waals surface area contributed by atoms with Gasteiger partial charge in [-0.05, 0) is 42.5 Å². The molecule has 0 aliphatic carbocycles. The lowest BCUT2D eigenvalue weighted by molar-refractivity contribution is -0.148. The fourth-order valence-corrected chi connectivity index (χ4v) is 3.37. The van der Waals surface area contributed by atoms with Gasteiger partial charge in [0.15, 0.2) is 0 Å². The van der Waals surface area contributed by atoms with E-state index in [4.69, 9.17) is 4.74 Å². The lowest BCUT2D eigenvalue weighted by Crippen LogP contribution is -2.48. The van der Waals surface area contributed by atoms with Crippen LogP contribution in [0.3, 0.4) is 0 Å². The van der Waals surface area contributed by atoms with Crippen molar-refractivity contribution >= 4 is 11.9 Å². The summed E-state index contributed by atoms with van der Waals surface area (Å²) in [5, 5.41) is 0. The quantitative estimate of drug-likeness (QED) is 0.782. The minimum absolute atomic E-state index is 0.0826. The number of hydrogen-bond acceptors (Lipinski definition) is 3. The fraction of sp³-hybridized carbons (Fsp3) is 0.333. The van der Waals surface area contributed by atoms with Gasteiger partial charge in [-0.15, -0.1) is 0 Å². The monoisotopic (exact) mass is 337 g/mol. The second kappa shape index (κ2) is 7.51. The summed E-state index contributed by atoms with van der Waals surface area (Å²) in [6.07, 6.45) is 1.31. The molecule has 0 bridgehead atoms.